The third kappa shape index (κ3) is 3.05. The summed E-state index contributed by atoms with van der Waals surface area (Å²) in [6.45, 7) is 0. The third-order valence-electron chi connectivity index (χ3n) is 2.62. The van der Waals surface area contributed by atoms with E-state index in [2.05, 4.69) is 10.5 Å². The number of nitrogens with zero attached hydrogens (tertiary/aromatic N) is 1. The molecule has 15 heavy (non-hydrogen) atoms. The second-order valence-electron chi connectivity index (χ2n) is 3.86. The van der Waals surface area contributed by atoms with E-state index in [0.717, 1.165) is 18.5 Å². The minimum Gasteiger partial charge on any atom is -0.279 e. The summed E-state index contributed by atoms with van der Waals surface area (Å²) in [5.41, 5.74) is 5.03. The molecule has 80 valence electrons. The van der Waals surface area contributed by atoms with Crippen molar-refractivity contribution in [2.45, 2.75) is 32.1 Å². The van der Waals surface area contributed by atoms with E-state index in [1.165, 1.54) is 37.1 Å². The Bertz CT molecular complexity index is 335. The Hall–Kier alpha value is -1.38. The molecule has 1 aromatic carbocycles. The number of benzene rings is 1. The van der Waals surface area contributed by atoms with Crippen LogP contribution in [0, 0.1) is 5.82 Å². The Morgan fingerprint density at radius 1 is 1.00 bits per heavy atom. The van der Waals surface area contributed by atoms with Gasteiger partial charge in [-0.05, 0) is 49.9 Å². The summed E-state index contributed by atoms with van der Waals surface area (Å²) in [6, 6.07) is 6.26. The van der Waals surface area contributed by atoms with Crippen LogP contribution in [0.15, 0.2) is 29.4 Å². The maximum absolute atomic E-state index is 12.6. The van der Waals surface area contributed by atoms with Gasteiger partial charge in [0, 0.05) is 5.71 Å². The van der Waals surface area contributed by atoms with Crippen LogP contribution in [-0.2, 0) is 0 Å². The molecule has 0 amide bonds. The fourth-order valence-corrected chi connectivity index (χ4v) is 1.74. The lowest BCUT2D eigenvalue weighted by atomic mass is 9.99. The van der Waals surface area contributed by atoms with E-state index >= 15 is 0 Å². The number of hydrazone groups is 1. The SMILES string of the molecule is Fc1ccc(NN=C2CCCCC2)cc1. The van der Waals surface area contributed by atoms with Crippen molar-refractivity contribution in [1.82, 2.24) is 0 Å². The first-order valence-electron chi connectivity index (χ1n) is 5.41. The number of hydrogen-bond acceptors (Lipinski definition) is 2. The first-order chi connectivity index (χ1) is 7.34. The lowest BCUT2D eigenvalue weighted by molar-refractivity contribution is 0.628. The lowest BCUT2D eigenvalue weighted by Crippen LogP contribution is -2.07. The molecule has 0 atom stereocenters. The normalized spacial score (nSPS) is 16.2. The summed E-state index contributed by atoms with van der Waals surface area (Å²) >= 11 is 0. The van der Waals surface area contributed by atoms with Crippen molar-refractivity contribution in [3.8, 4) is 0 Å². The molecule has 1 aromatic rings. The first kappa shape index (κ1) is 10.1. The van der Waals surface area contributed by atoms with Crippen molar-refractivity contribution in [3.63, 3.8) is 0 Å². The van der Waals surface area contributed by atoms with Crippen molar-refractivity contribution >= 4 is 11.4 Å². The Kier molecular flexibility index (Phi) is 3.33. The van der Waals surface area contributed by atoms with Gasteiger partial charge in [0.15, 0.2) is 0 Å². The highest BCUT2D eigenvalue weighted by Crippen LogP contribution is 2.15. The fourth-order valence-electron chi connectivity index (χ4n) is 1.74. The molecule has 2 rings (SSSR count). The summed E-state index contributed by atoms with van der Waals surface area (Å²) < 4.78 is 12.6. The molecule has 0 aromatic heterocycles. The summed E-state index contributed by atoms with van der Waals surface area (Å²) in [5.74, 6) is -0.217. The first-order valence-corrected chi connectivity index (χ1v) is 5.41. The predicted molar refractivity (Wildman–Crippen MR) is 60.5 cm³/mol. The maximum Gasteiger partial charge on any atom is 0.123 e. The van der Waals surface area contributed by atoms with Gasteiger partial charge in [0.05, 0.1) is 5.69 Å². The van der Waals surface area contributed by atoms with Gasteiger partial charge in [0.25, 0.3) is 0 Å². The molecule has 0 radical (unpaired) electrons. The van der Waals surface area contributed by atoms with Gasteiger partial charge in [-0.3, -0.25) is 5.43 Å². The Morgan fingerprint density at radius 2 is 1.67 bits per heavy atom. The smallest absolute Gasteiger partial charge is 0.123 e. The van der Waals surface area contributed by atoms with Gasteiger partial charge in [0.1, 0.15) is 5.82 Å². The predicted octanol–water partition coefficient (Wildman–Crippen LogP) is 3.56. The molecular formula is C12H15FN2. The lowest BCUT2D eigenvalue weighted by Gasteiger charge is -2.12. The minimum atomic E-state index is -0.217. The standard InChI is InChI=1S/C12H15FN2/c13-10-6-8-12(9-7-10)15-14-11-4-2-1-3-5-11/h6-9,15H,1-5H2. The Morgan fingerprint density at radius 3 is 2.33 bits per heavy atom. The van der Waals surface area contributed by atoms with Gasteiger partial charge in [-0.1, -0.05) is 6.42 Å². The molecule has 0 aliphatic heterocycles. The van der Waals surface area contributed by atoms with Crippen molar-refractivity contribution in [2.75, 3.05) is 5.43 Å². The number of nitrogens with one attached hydrogen (secondary N) is 1. The Balaban J connectivity index is 1.94. The zero-order valence-corrected chi connectivity index (χ0v) is 8.67. The van der Waals surface area contributed by atoms with E-state index < -0.39 is 0 Å². The summed E-state index contributed by atoms with van der Waals surface area (Å²) in [6.07, 6.45) is 5.98. The number of halogens is 1. The number of anilines is 1. The van der Waals surface area contributed by atoms with Crippen LogP contribution < -0.4 is 5.43 Å². The van der Waals surface area contributed by atoms with Crippen LogP contribution in [0.25, 0.3) is 0 Å². The van der Waals surface area contributed by atoms with Gasteiger partial charge in [-0.25, -0.2) is 4.39 Å². The van der Waals surface area contributed by atoms with Gasteiger partial charge in [0.2, 0.25) is 0 Å². The molecule has 1 aliphatic rings. The van der Waals surface area contributed by atoms with E-state index in [1.54, 1.807) is 12.1 Å². The molecule has 0 spiro atoms. The monoisotopic (exact) mass is 206 g/mol. The van der Waals surface area contributed by atoms with E-state index in [0.29, 0.717) is 0 Å². The largest absolute Gasteiger partial charge is 0.279 e. The van der Waals surface area contributed by atoms with E-state index in [9.17, 15) is 4.39 Å². The van der Waals surface area contributed by atoms with Crippen LogP contribution in [0.5, 0.6) is 0 Å². The molecule has 0 bridgehead atoms. The van der Waals surface area contributed by atoms with Crippen molar-refractivity contribution in [1.29, 1.82) is 0 Å². The molecule has 1 aliphatic carbocycles. The highest BCUT2D eigenvalue weighted by atomic mass is 19.1. The highest BCUT2D eigenvalue weighted by molar-refractivity contribution is 5.85. The Labute approximate surface area is 89.2 Å². The van der Waals surface area contributed by atoms with Gasteiger partial charge < -0.3 is 0 Å². The van der Waals surface area contributed by atoms with Crippen LogP contribution in [0.2, 0.25) is 0 Å². The average Bonchev–Trinajstić information content (AvgIpc) is 2.30. The van der Waals surface area contributed by atoms with Gasteiger partial charge in [-0.15, -0.1) is 0 Å². The number of hydrogen-bond donors (Lipinski definition) is 1. The summed E-state index contributed by atoms with van der Waals surface area (Å²) in [7, 11) is 0. The minimum absolute atomic E-state index is 0.217. The van der Waals surface area contributed by atoms with E-state index in [-0.39, 0.29) is 5.82 Å². The van der Waals surface area contributed by atoms with E-state index in [4.69, 9.17) is 0 Å². The van der Waals surface area contributed by atoms with Crippen LogP contribution >= 0.6 is 0 Å². The van der Waals surface area contributed by atoms with Crippen molar-refractivity contribution in [3.05, 3.63) is 30.1 Å². The molecule has 0 unspecified atom stereocenters. The maximum atomic E-state index is 12.6. The average molecular weight is 206 g/mol. The second kappa shape index (κ2) is 4.91. The molecule has 1 fully saturated rings. The molecular weight excluding hydrogens is 191 g/mol. The molecule has 0 heterocycles. The molecule has 0 saturated heterocycles. The van der Waals surface area contributed by atoms with Gasteiger partial charge >= 0.3 is 0 Å². The van der Waals surface area contributed by atoms with E-state index in [1.807, 2.05) is 0 Å². The van der Waals surface area contributed by atoms with Crippen LogP contribution in [-0.4, -0.2) is 5.71 Å². The second-order valence-corrected chi connectivity index (χ2v) is 3.86. The van der Waals surface area contributed by atoms with Crippen molar-refractivity contribution < 1.29 is 4.39 Å². The zero-order valence-electron chi connectivity index (χ0n) is 8.67. The number of rotatable bonds is 2. The molecule has 1 N–H and O–H groups in total. The molecule has 3 heteroatoms. The van der Waals surface area contributed by atoms with Crippen LogP contribution in [0.3, 0.4) is 0 Å². The fraction of sp³-hybridized carbons (Fsp3) is 0.417. The van der Waals surface area contributed by atoms with Crippen LogP contribution in [0.1, 0.15) is 32.1 Å². The van der Waals surface area contributed by atoms with Gasteiger partial charge in [-0.2, -0.15) is 5.10 Å². The van der Waals surface area contributed by atoms with Crippen LogP contribution in [0.4, 0.5) is 10.1 Å². The molecule has 2 nitrogen and oxygen atoms in total. The van der Waals surface area contributed by atoms with Crippen molar-refractivity contribution in [2.24, 2.45) is 5.10 Å². The topological polar surface area (TPSA) is 24.4 Å². The third-order valence-corrected chi connectivity index (χ3v) is 2.62. The highest BCUT2D eigenvalue weighted by Gasteiger charge is 2.06. The summed E-state index contributed by atoms with van der Waals surface area (Å²) in [4.78, 5) is 0. The zero-order chi connectivity index (χ0) is 10.5. The molecule has 1 saturated carbocycles. The quantitative estimate of drug-likeness (QED) is 0.735. The summed E-state index contributed by atoms with van der Waals surface area (Å²) in [5, 5.41) is 4.33.